The van der Waals surface area contributed by atoms with Gasteiger partial charge in [-0.2, -0.15) is 13.2 Å². The number of thiophene rings is 2. The number of pyridine rings is 1. The number of carbonyl (C=O) groups excluding carboxylic acids is 1. The van der Waals surface area contributed by atoms with Crippen LogP contribution < -0.4 is 20.5 Å². The van der Waals surface area contributed by atoms with Crippen LogP contribution in [0.4, 0.5) is 24.5 Å². The van der Waals surface area contributed by atoms with Crippen molar-refractivity contribution in [3.63, 3.8) is 0 Å². The Bertz CT molecular complexity index is 1650. The van der Waals surface area contributed by atoms with Gasteiger partial charge in [-0.05, 0) is 52.9 Å². The molecule has 0 aliphatic rings. The predicted octanol–water partition coefficient (Wildman–Crippen LogP) is 7.56. The van der Waals surface area contributed by atoms with Crippen molar-refractivity contribution in [3.05, 3.63) is 76.5 Å². The van der Waals surface area contributed by atoms with Crippen molar-refractivity contribution in [1.29, 1.82) is 0 Å². The maximum absolute atomic E-state index is 13.5. The number of alkyl halides is 3. The number of nitrogens with zero attached hydrogens (tertiary/aromatic N) is 1. The van der Waals surface area contributed by atoms with Gasteiger partial charge in [0.15, 0.2) is 11.5 Å². The van der Waals surface area contributed by atoms with Crippen LogP contribution in [0.3, 0.4) is 0 Å². The van der Waals surface area contributed by atoms with E-state index in [1.807, 2.05) is 29.6 Å². The van der Waals surface area contributed by atoms with Crippen molar-refractivity contribution in [2.45, 2.75) is 6.18 Å². The Kier molecular flexibility index (Phi) is 6.72. The van der Waals surface area contributed by atoms with E-state index in [2.05, 4.69) is 5.32 Å². The largest absolute Gasteiger partial charge is 0.493 e. The van der Waals surface area contributed by atoms with Gasteiger partial charge < -0.3 is 20.5 Å². The molecule has 11 heteroatoms. The highest BCUT2D eigenvalue weighted by Gasteiger charge is 2.34. The number of rotatable bonds is 6. The fraction of sp³-hybridized carbons (Fsp3) is 0.111. The number of nitrogen functional groups attached to an aromatic ring is 1. The van der Waals surface area contributed by atoms with Crippen LogP contribution in [0.25, 0.3) is 31.9 Å². The molecule has 2 aromatic carbocycles. The Morgan fingerprint density at radius 1 is 1.00 bits per heavy atom. The second-order valence-corrected chi connectivity index (χ2v) is 10.1. The van der Waals surface area contributed by atoms with Gasteiger partial charge in [0.2, 0.25) is 0 Å². The van der Waals surface area contributed by atoms with Crippen molar-refractivity contribution in [2.75, 3.05) is 25.3 Å². The Hall–Kier alpha value is -4.09. The first kappa shape index (κ1) is 25.6. The lowest BCUT2D eigenvalue weighted by Gasteiger charge is -2.13. The van der Waals surface area contributed by atoms with Crippen LogP contribution >= 0.6 is 22.7 Å². The molecule has 0 unspecified atom stereocenters. The van der Waals surface area contributed by atoms with Crippen LogP contribution in [0.2, 0.25) is 0 Å². The van der Waals surface area contributed by atoms with E-state index in [9.17, 15) is 18.0 Å². The van der Waals surface area contributed by atoms with Crippen LogP contribution in [0, 0.1) is 0 Å². The van der Waals surface area contributed by atoms with Gasteiger partial charge in [-0.25, -0.2) is 4.98 Å². The number of nitrogens with one attached hydrogen (secondary N) is 1. The number of anilines is 2. The van der Waals surface area contributed by atoms with Crippen LogP contribution in [-0.2, 0) is 6.18 Å². The summed E-state index contributed by atoms with van der Waals surface area (Å²) in [6, 6.07) is 15.9. The Morgan fingerprint density at radius 2 is 1.76 bits per heavy atom. The van der Waals surface area contributed by atoms with Gasteiger partial charge in [0.1, 0.15) is 9.71 Å². The second kappa shape index (κ2) is 9.99. The van der Waals surface area contributed by atoms with Gasteiger partial charge in [0, 0.05) is 5.39 Å². The van der Waals surface area contributed by atoms with Crippen molar-refractivity contribution in [2.24, 2.45) is 0 Å². The monoisotopic (exact) mass is 555 g/mol. The molecule has 0 aliphatic carbocycles. The number of para-hydroxylation sites is 1. The van der Waals surface area contributed by atoms with Gasteiger partial charge in [0.05, 0.1) is 41.7 Å². The number of carbonyl (C=O) groups is 1. The number of amides is 1. The van der Waals surface area contributed by atoms with E-state index in [1.54, 1.807) is 12.1 Å². The molecular weight excluding hydrogens is 535 g/mol. The molecule has 194 valence electrons. The van der Waals surface area contributed by atoms with E-state index in [1.165, 1.54) is 43.8 Å². The van der Waals surface area contributed by atoms with E-state index in [0.29, 0.717) is 33.0 Å². The first-order valence-electron chi connectivity index (χ1n) is 11.2. The first-order valence-corrected chi connectivity index (χ1v) is 12.9. The van der Waals surface area contributed by atoms with Crippen molar-refractivity contribution in [1.82, 2.24) is 4.98 Å². The van der Waals surface area contributed by atoms with Gasteiger partial charge in [-0.3, -0.25) is 4.79 Å². The molecule has 0 spiro atoms. The molecule has 6 nitrogen and oxygen atoms in total. The minimum Gasteiger partial charge on any atom is -0.493 e. The molecular formula is C27H20F3N3O3S2. The van der Waals surface area contributed by atoms with E-state index in [0.717, 1.165) is 27.8 Å². The number of benzene rings is 2. The Labute approximate surface area is 223 Å². The van der Waals surface area contributed by atoms with E-state index in [4.69, 9.17) is 20.2 Å². The van der Waals surface area contributed by atoms with Gasteiger partial charge >= 0.3 is 6.18 Å². The zero-order valence-corrected chi connectivity index (χ0v) is 21.7. The zero-order chi connectivity index (χ0) is 27.0. The number of hydrogen-bond donors (Lipinski definition) is 2. The number of hydrogen-bond acceptors (Lipinski definition) is 7. The molecule has 3 heterocycles. The first-order chi connectivity index (χ1) is 18.2. The molecule has 0 saturated heterocycles. The molecule has 3 aromatic heterocycles. The summed E-state index contributed by atoms with van der Waals surface area (Å²) < 4.78 is 51.3. The average Bonchev–Trinajstić information content (AvgIpc) is 3.56. The molecule has 0 fully saturated rings. The van der Waals surface area contributed by atoms with E-state index < -0.39 is 17.6 Å². The number of ether oxygens (including phenoxy) is 2. The van der Waals surface area contributed by atoms with Crippen molar-refractivity contribution >= 4 is 50.2 Å². The minimum atomic E-state index is -4.63. The third kappa shape index (κ3) is 4.66. The van der Waals surface area contributed by atoms with Crippen LogP contribution in [-0.4, -0.2) is 25.1 Å². The minimum absolute atomic E-state index is 0.0644. The highest BCUT2D eigenvalue weighted by Crippen LogP contribution is 2.44. The summed E-state index contributed by atoms with van der Waals surface area (Å²) in [5.41, 5.74) is 7.43. The van der Waals surface area contributed by atoms with E-state index in [-0.39, 0.29) is 16.3 Å². The molecule has 38 heavy (non-hydrogen) atoms. The summed E-state index contributed by atoms with van der Waals surface area (Å²) >= 11 is 2.53. The summed E-state index contributed by atoms with van der Waals surface area (Å²) in [5, 5.41) is 4.83. The number of halogens is 3. The number of nitrogens with two attached hydrogens (primary N) is 1. The summed E-state index contributed by atoms with van der Waals surface area (Å²) in [5.74, 6) is 0.294. The molecule has 0 atom stereocenters. The van der Waals surface area contributed by atoms with Gasteiger partial charge in [0.25, 0.3) is 5.91 Å². The third-order valence-electron chi connectivity index (χ3n) is 5.85. The summed E-state index contributed by atoms with van der Waals surface area (Å²) in [6.07, 6.45) is -4.63. The molecule has 1 amide bonds. The fourth-order valence-corrected chi connectivity index (χ4v) is 5.79. The van der Waals surface area contributed by atoms with E-state index >= 15 is 0 Å². The number of methoxy groups -OCH3 is 2. The lowest BCUT2D eigenvalue weighted by Crippen LogP contribution is -2.16. The fourth-order valence-electron chi connectivity index (χ4n) is 4.09. The highest BCUT2D eigenvalue weighted by molar-refractivity contribution is 7.21. The molecule has 5 rings (SSSR count). The van der Waals surface area contributed by atoms with Crippen molar-refractivity contribution in [3.8, 4) is 33.2 Å². The molecule has 3 N–H and O–H groups in total. The van der Waals surface area contributed by atoms with Crippen LogP contribution in [0.1, 0.15) is 15.2 Å². The molecule has 5 aromatic rings. The second-order valence-electron chi connectivity index (χ2n) is 8.12. The standard InChI is InChI=1S/C27H20F3N3O3S2/c1-35-19-10-9-14(12-20(19)36-2)15-13-18(21-8-5-11-37-21)33-26-22(15)23(31)24(38-26)25(34)32-17-7-4-3-6-16(17)27(28,29)30/h3-13H,31H2,1-2H3,(H,32,34). The maximum Gasteiger partial charge on any atom is 0.418 e. The number of fused-ring (bicyclic) bond motifs is 1. The lowest BCUT2D eigenvalue weighted by molar-refractivity contribution is -0.136. The zero-order valence-electron chi connectivity index (χ0n) is 20.1. The summed E-state index contributed by atoms with van der Waals surface area (Å²) in [7, 11) is 3.07. The summed E-state index contributed by atoms with van der Waals surface area (Å²) in [4.78, 5) is 19.4. The molecule has 0 saturated carbocycles. The molecule has 0 radical (unpaired) electrons. The number of aromatic nitrogens is 1. The Balaban J connectivity index is 1.67. The van der Waals surface area contributed by atoms with Crippen molar-refractivity contribution < 1.29 is 27.4 Å². The van der Waals surface area contributed by atoms with Crippen LogP contribution in [0.15, 0.2) is 66.0 Å². The van der Waals surface area contributed by atoms with Crippen LogP contribution in [0.5, 0.6) is 11.5 Å². The quantitative estimate of drug-likeness (QED) is 0.226. The topological polar surface area (TPSA) is 86.5 Å². The highest BCUT2D eigenvalue weighted by atomic mass is 32.1. The van der Waals surface area contributed by atoms with Gasteiger partial charge in [-0.15, -0.1) is 22.7 Å². The predicted molar refractivity (Wildman–Crippen MR) is 145 cm³/mol. The SMILES string of the molecule is COc1ccc(-c2cc(-c3cccs3)nc3sc(C(=O)Nc4ccccc4C(F)(F)F)c(N)c23)cc1OC. The van der Waals surface area contributed by atoms with Gasteiger partial charge in [-0.1, -0.05) is 24.3 Å². The Morgan fingerprint density at radius 3 is 2.45 bits per heavy atom. The maximum atomic E-state index is 13.5. The molecule has 0 aliphatic heterocycles. The molecule has 0 bridgehead atoms. The summed E-state index contributed by atoms with van der Waals surface area (Å²) in [6.45, 7) is 0. The third-order valence-corrected chi connectivity index (χ3v) is 7.84. The smallest absolute Gasteiger partial charge is 0.418 e. The average molecular weight is 556 g/mol. The normalized spacial score (nSPS) is 11.5. The lowest BCUT2D eigenvalue weighted by atomic mass is 10.0.